The first-order valence-corrected chi connectivity index (χ1v) is 7.80. The molecule has 3 amide bonds. The van der Waals surface area contributed by atoms with Gasteiger partial charge < -0.3 is 9.73 Å². The Labute approximate surface area is 141 Å². The highest BCUT2D eigenvalue weighted by Crippen LogP contribution is 2.31. The van der Waals surface area contributed by atoms with Crippen molar-refractivity contribution in [3.8, 4) is 0 Å². The third-order valence-electron chi connectivity index (χ3n) is 2.86. The number of anilines is 1. The van der Waals surface area contributed by atoms with Crippen LogP contribution in [-0.4, -0.2) is 21.3 Å². The predicted octanol–water partition coefficient (Wildman–Crippen LogP) is 3.22. The number of amides is 3. The van der Waals surface area contributed by atoms with Crippen molar-refractivity contribution in [2.24, 2.45) is 0 Å². The van der Waals surface area contributed by atoms with Gasteiger partial charge in [0.25, 0.3) is 5.91 Å². The highest BCUT2D eigenvalue weighted by atomic mass is 32.2. The molecule has 1 aliphatic rings. The molecule has 3 rings (SSSR count). The minimum atomic E-state index is -0.549. The van der Waals surface area contributed by atoms with Gasteiger partial charge in [0.15, 0.2) is 4.32 Å². The van der Waals surface area contributed by atoms with Crippen LogP contribution < -0.4 is 10.7 Å². The summed E-state index contributed by atoms with van der Waals surface area (Å²) < 4.78 is 5.42. The molecular weight excluding hydrogens is 334 g/mol. The van der Waals surface area contributed by atoms with Gasteiger partial charge in [0.2, 0.25) is 0 Å². The molecule has 2 aromatic rings. The molecule has 2 heterocycles. The number of rotatable bonds is 3. The number of thiocarbonyl (C=S) groups is 1. The second-order valence-electron chi connectivity index (χ2n) is 4.46. The molecule has 8 heteroatoms. The normalized spacial score (nSPS) is 16.0. The molecular formula is C15H11N3O3S2. The average molecular weight is 345 g/mol. The van der Waals surface area contributed by atoms with Crippen LogP contribution in [-0.2, 0) is 4.79 Å². The van der Waals surface area contributed by atoms with Crippen molar-refractivity contribution in [3.63, 3.8) is 0 Å². The van der Waals surface area contributed by atoms with E-state index in [1.165, 1.54) is 6.26 Å². The molecule has 6 nitrogen and oxygen atoms in total. The molecule has 1 aromatic carbocycles. The van der Waals surface area contributed by atoms with Gasteiger partial charge in [-0.3, -0.25) is 4.79 Å². The maximum absolute atomic E-state index is 12.3. The molecule has 0 spiro atoms. The van der Waals surface area contributed by atoms with Crippen LogP contribution in [0.5, 0.6) is 0 Å². The van der Waals surface area contributed by atoms with Gasteiger partial charge in [-0.15, -0.1) is 0 Å². The Morgan fingerprint density at radius 2 is 2.00 bits per heavy atom. The van der Waals surface area contributed by atoms with Crippen molar-refractivity contribution in [1.29, 1.82) is 0 Å². The fraction of sp³-hybridized carbons (Fsp3) is 0. The van der Waals surface area contributed by atoms with Gasteiger partial charge in [-0.1, -0.05) is 30.0 Å². The SMILES string of the molecule is O=C(Nc1ccccc1)NN1C(=O)/C(=C/c2ccco2)SC1=S. The smallest absolute Gasteiger partial charge is 0.338 e. The molecule has 0 radical (unpaired) electrons. The zero-order chi connectivity index (χ0) is 16.2. The zero-order valence-electron chi connectivity index (χ0n) is 11.7. The lowest BCUT2D eigenvalue weighted by molar-refractivity contribution is -0.123. The Bertz CT molecular complexity index is 773. The highest BCUT2D eigenvalue weighted by Gasteiger charge is 2.33. The molecule has 0 aliphatic carbocycles. The fourth-order valence-corrected chi connectivity index (χ4v) is 3.01. The Kier molecular flexibility index (Phi) is 4.45. The summed E-state index contributed by atoms with van der Waals surface area (Å²) in [7, 11) is 0. The average Bonchev–Trinajstić information content (AvgIpc) is 3.13. The van der Waals surface area contributed by atoms with Crippen molar-refractivity contribution in [1.82, 2.24) is 10.4 Å². The van der Waals surface area contributed by atoms with E-state index in [0.29, 0.717) is 16.4 Å². The van der Waals surface area contributed by atoms with Crippen LogP contribution in [0, 0.1) is 0 Å². The first kappa shape index (κ1) is 15.3. The van der Waals surface area contributed by atoms with Gasteiger partial charge in [-0.05, 0) is 36.5 Å². The summed E-state index contributed by atoms with van der Waals surface area (Å²) in [5.41, 5.74) is 3.05. The minimum Gasteiger partial charge on any atom is -0.465 e. The van der Waals surface area contributed by atoms with E-state index in [-0.39, 0.29) is 4.32 Å². The number of hydrazine groups is 1. The van der Waals surface area contributed by atoms with E-state index < -0.39 is 11.9 Å². The topological polar surface area (TPSA) is 74.6 Å². The molecule has 0 saturated carbocycles. The Morgan fingerprint density at radius 1 is 1.22 bits per heavy atom. The molecule has 1 aromatic heterocycles. The zero-order valence-corrected chi connectivity index (χ0v) is 13.3. The molecule has 116 valence electrons. The number of carbonyl (C=O) groups is 2. The fourth-order valence-electron chi connectivity index (χ4n) is 1.85. The van der Waals surface area contributed by atoms with Gasteiger partial charge in [-0.2, -0.15) is 5.01 Å². The summed E-state index contributed by atoms with van der Waals surface area (Å²) >= 11 is 6.22. The Hall–Kier alpha value is -2.58. The minimum absolute atomic E-state index is 0.246. The Morgan fingerprint density at radius 3 is 2.70 bits per heavy atom. The van der Waals surface area contributed by atoms with Crippen molar-refractivity contribution >= 4 is 52.0 Å². The number of hydrogen-bond donors (Lipinski definition) is 2. The molecule has 0 atom stereocenters. The second-order valence-corrected chi connectivity index (χ2v) is 6.14. The van der Waals surface area contributed by atoms with Gasteiger partial charge in [0.05, 0.1) is 11.2 Å². The van der Waals surface area contributed by atoms with Crippen LogP contribution >= 0.6 is 24.0 Å². The molecule has 1 fully saturated rings. The number of urea groups is 1. The van der Waals surface area contributed by atoms with Crippen molar-refractivity contribution < 1.29 is 14.0 Å². The van der Waals surface area contributed by atoms with E-state index in [0.717, 1.165) is 16.8 Å². The van der Waals surface area contributed by atoms with E-state index in [2.05, 4.69) is 10.7 Å². The number of nitrogens with zero attached hydrogens (tertiary/aromatic N) is 1. The van der Waals surface area contributed by atoms with E-state index in [1.807, 2.05) is 6.07 Å². The quantitative estimate of drug-likeness (QED) is 0.660. The maximum Gasteiger partial charge on any atom is 0.338 e. The summed E-state index contributed by atoms with van der Waals surface area (Å²) in [6.45, 7) is 0. The van der Waals surface area contributed by atoms with E-state index >= 15 is 0 Å². The van der Waals surface area contributed by atoms with Crippen LogP contribution in [0.4, 0.5) is 10.5 Å². The lowest BCUT2D eigenvalue weighted by Gasteiger charge is -2.16. The lowest BCUT2D eigenvalue weighted by Crippen LogP contribution is -2.46. The maximum atomic E-state index is 12.3. The predicted molar refractivity (Wildman–Crippen MR) is 92.3 cm³/mol. The van der Waals surface area contributed by atoms with Gasteiger partial charge in [-0.25, -0.2) is 10.2 Å². The number of hydrogen-bond acceptors (Lipinski definition) is 5. The van der Waals surface area contributed by atoms with Crippen LogP contribution in [0.3, 0.4) is 0 Å². The third kappa shape index (κ3) is 3.61. The standard InChI is InChI=1S/C15H11N3O3S2/c19-13-12(9-11-7-4-8-21-11)23-15(22)18(13)17-14(20)16-10-5-2-1-3-6-10/h1-9H,(H2,16,17,20)/b12-9-. The highest BCUT2D eigenvalue weighted by molar-refractivity contribution is 8.26. The largest absolute Gasteiger partial charge is 0.465 e. The van der Waals surface area contributed by atoms with Crippen molar-refractivity contribution in [3.05, 3.63) is 59.4 Å². The number of thioether (sulfide) groups is 1. The third-order valence-corrected chi connectivity index (χ3v) is 4.16. The first-order chi connectivity index (χ1) is 11.1. The summed E-state index contributed by atoms with van der Waals surface area (Å²) in [5.74, 6) is 0.138. The van der Waals surface area contributed by atoms with Gasteiger partial charge >= 0.3 is 6.03 Å². The summed E-state index contributed by atoms with van der Waals surface area (Å²) in [6.07, 6.45) is 3.09. The molecule has 1 aliphatic heterocycles. The number of furan rings is 1. The lowest BCUT2D eigenvalue weighted by atomic mass is 10.3. The number of carbonyl (C=O) groups excluding carboxylic acids is 2. The monoisotopic (exact) mass is 345 g/mol. The van der Waals surface area contributed by atoms with E-state index in [9.17, 15) is 9.59 Å². The number of para-hydroxylation sites is 1. The Balaban J connectivity index is 1.67. The molecule has 0 bridgehead atoms. The van der Waals surface area contributed by atoms with E-state index in [1.54, 1.807) is 42.5 Å². The summed E-state index contributed by atoms with van der Waals surface area (Å²) in [5, 5.41) is 3.65. The van der Waals surface area contributed by atoms with E-state index in [4.69, 9.17) is 16.6 Å². The van der Waals surface area contributed by atoms with Gasteiger partial charge in [0.1, 0.15) is 5.76 Å². The molecule has 23 heavy (non-hydrogen) atoms. The van der Waals surface area contributed by atoms with Gasteiger partial charge in [0, 0.05) is 11.8 Å². The summed E-state index contributed by atoms with van der Waals surface area (Å²) in [6, 6.07) is 11.8. The van der Waals surface area contributed by atoms with Crippen LogP contribution in [0.1, 0.15) is 5.76 Å². The number of benzene rings is 1. The second kappa shape index (κ2) is 6.67. The van der Waals surface area contributed by atoms with Crippen molar-refractivity contribution in [2.75, 3.05) is 5.32 Å². The van der Waals surface area contributed by atoms with Crippen molar-refractivity contribution in [2.45, 2.75) is 0 Å². The molecule has 0 unspecified atom stereocenters. The molecule has 1 saturated heterocycles. The van der Waals surface area contributed by atoms with Crippen LogP contribution in [0.25, 0.3) is 6.08 Å². The number of nitrogens with one attached hydrogen (secondary N) is 2. The first-order valence-electron chi connectivity index (χ1n) is 6.57. The summed E-state index contributed by atoms with van der Waals surface area (Å²) in [4.78, 5) is 24.6. The van der Waals surface area contributed by atoms with Crippen LogP contribution in [0.2, 0.25) is 0 Å². The molecule has 2 N–H and O–H groups in total. The van der Waals surface area contributed by atoms with Crippen LogP contribution in [0.15, 0.2) is 58.1 Å².